The lowest BCUT2D eigenvalue weighted by Gasteiger charge is -2.47. The Morgan fingerprint density at radius 3 is 2.55 bits per heavy atom. The molecule has 0 radical (unpaired) electrons. The summed E-state index contributed by atoms with van der Waals surface area (Å²) in [5.41, 5.74) is 1.72. The summed E-state index contributed by atoms with van der Waals surface area (Å²) in [5.74, 6) is -2.23. The zero-order valence-corrected chi connectivity index (χ0v) is 19.2. The third-order valence-corrected chi connectivity index (χ3v) is 6.11. The number of hydrogen-bond donors (Lipinski definition) is 1. The zero-order chi connectivity index (χ0) is 21.6. The fraction of sp³-hybridized carbons (Fsp3) is 0.714. The molecule has 164 valence electrons. The number of alkyl halides is 2. The highest BCUT2D eigenvalue weighted by molar-refractivity contribution is 9.10. The molecule has 0 aromatic heterocycles. The Balaban J connectivity index is 1.89. The van der Waals surface area contributed by atoms with Gasteiger partial charge in [-0.05, 0) is 66.7 Å². The summed E-state index contributed by atoms with van der Waals surface area (Å²) < 4.78 is 44.2. The fourth-order valence-electron chi connectivity index (χ4n) is 4.11. The molecule has 2 aliphatic rings. The topological polar surface area (TPSA) is 51.2 Å². The normalized spacial score (nSPS) is 25.3. The minimum atomic E-state index is -2.94. The van der Waals surface area contributed by atoms with E-state index in [4.69, 9.17) is 14.2 Å². The maximum atomic E-state index is 13.3. The van der Waals surface area contributed by atoms with Crippen LogP contribution in [0.5, 0.6) is 11.5 Å². The Morgan fingerprint density at radius 1 is 1.28 bits per heavy atom. The highest BCUT2D eigenvalue weighted by Crippen LogP contribution is 2.47. The third kappa shape index (κ3) is 5.21. The molecule has 3 rings (SSSR count). The van der Waals surface area contributed by atoms with Gasteiger partial charge in [-0.3, -0.25) is 4.90 Å². The lowest BCUT2D eigenvalue weighted by atomic mass is 9.84. The third-order valence-electron chi connectivity index (χ3n) is 5.28. The van der Waals surface area contributed by atoms with Gasteiger partial charge in [0.2, 0.25) is 0 Å². The predicted molar refractivity (Wildman–Crippen MR) is 110 cm³/mol. The molecule has 0 saturated carbocycles. The minimum Gasteiger partial charge on any atom is -0.493 e. The van der Waals surface area contributed by atoms with Crippen molar-refractivity contribution in [2.75, 3.05) is 26.8 Å². The van der Waals surface area contributed by atoms with Crippen molar-refractivity contribution in [3.63, 3.8) is 0 Å². The van der Waals surface area contributed by atoms with E-state index < -0.39 is 18.6 Å². The van der Waals surface area contributed by atoms with Crippen molar-refractivity contribution >= 4 is 15.9 Å². The van der Waals surface area contributed by atoms with Crippen LogP contribution in [0.1, 0.15) is 51.3 Å². The van der Waals surface area contributed by atoms with Gasteiger partial charge in [0.05, 0.1) is 29.4 Å². The van der Waals surface area contributed by atoms with Gasteiger partial charge in [-0.2, -0.15) is 0 Å². The number of aliphatic hydroxyl groups excluding tert-OH is 1. The molecule has 29 heavy (non-hydrogen) atoms. The number of benzene rings is 1. The summed E-state index contributed by atoms with van der Waals surface area (Å²) in [4.78, 5) is 2.32. The first-order valence-corrected chi connectivity index (χ1v) is 10.7. The van der Waals surface area contributed by atoms with Crippen LogP contribution < -0.4 is 9.47 Å². The first-order chi connectivity index (χ1) is 13.4. The number of hydrogen-bond acceptors (Lipinski definition) is 5. The number of piperidine rings is 1. The first kappa shape index (κ1) is 22.7. The Labute approximate surface area is 179 Å². The maximum Gasteiger partial charge on any atom is 0.278 e. The Bertz CT molecular complexity index is 748. The molecular formula is C21H30BrF2NO4. The van der Waals surface area contributed by atoms with Gasteiger partial charge in [-0.15, -0.1) is 0 Å². The molecular weight excluding hydrogens is 448 g/mol. The summed E-state index contributed by atoms with van der Waals surface area (Å²) in [7, 11) is 1.49. The van der Waals surface area contributed by atoms with Crippen LogP contribution in [-0.2, 0) is 11.2 Å². The molecule has 0 aliphatic carbocycles. The molecule has 0 unspecified atom stereocenters. The van der Waals surface area contributed by atoms with Gasteiger partial charge < -0.3 is 19.3 Å². The summed E-state index contributed by atoms with van der Waals surface area (Å²) >= 11 is 3.55. The van der Waals surface area contributed by atoms with Crippen LogP contribution >= 0.6 is 15.9 Å². The van der Waals surface area contributed by atoms with Gasteiger partial charge in [-0.25, -0.2) is 8.78 Å². The van der Waals surface area contributed by atoms with Crippen LogP contribution in [0.3, 0.4) is 0 Å². The van der Waals surface area contributed by atoms with E-state index >= 15 is 0 Å². The van der Waals surface area contributed by atoms with Crippen LogP contribution in [-0.4, -0.2) is 60.5 Å². The molecule has 2 aliphatic heterocycles. The highest BCUT2D eigenvalue weighted by Gasteiger charge is 2.41. The number of aliphatic hydroxyl groups is 1. The van der Waals surface area contributed by atoms with Crippen molar-refractivity contribution in [3.8, 4) is 11.5 Å². The Morgan fingerprint density at radius 2 is 1.97 bits per heavy atom. The van der Waals surface area contributed by atoms with Crippen LogP contribution in [0.25, 0.3) is 0 Å². The van der Waals surface area contributed by atoms with Crippen molar-refractivity contribution in [1.82, 2.24) is 4.90 Å². The molecule has 5 nitrogen and oxygen atoms in total. The number of methoxy groups -OCH3 is 1. The highest BCUT2D eigenvalue weighted by atomic mass is 79.9. The number of halogens is 3. The van der Waals surface area contributed by atoms with E-state index in [0.29, 0.717) is 28.9 Å². The van der Waals surface area contributed by atoms with Crippen molar-refractivity contribution in [1.29, 1.82) is 0 Å². The second-order valence-corrected chi connectivity index (χ2v) is 9.77. The number of nitrogens with zero attached hydrogens (tertiary/aromatic N) is 1. The standard InChI is InChI=1S/C21H30BrF2NO4/c1-20(2,3)29-17-10-25-7-6-12-13(14(25)9-15(17)26)8-16(27-5)19(18(12)22)28-11-21(4,23)24/h8,14-15,17,26H,6-7,9-11H2,1-5H3/t14-,15-,17-/m1/s1. The zero-order valence-electron chi connectivity index (χ0n) is 17.6. The van der Waals surface area contributed by atoms with Crippen LogP contribution in [0.2, 0.25) is 0 Å². The minimum absolute atomic E-state index is 0.0143. The van der Waals surface area contributed by atoms with E-state index in [1.54, 1.807) is 0 Å². The quantitative estimate of drug-likeness (QED) is 0.683. The molecule has 1 N–H and O–H groups in total. The lowest BCUT2D eigenvalue weighted by Crippen LogP contribution is -2.53. The molecule has 1 aromatic carbocycles. The number of fused-ring (bicyclic) bond motifs is 3. The molecule has 2 heterocycles. The van der Waals surface area contributed by atoms with Crippen LogP contribution in [0.4, 0.5) is 8.78 Å². The van der Waals surface area contributed by atoms with Crippen molar-refractivity contribution in [3.05, 3.63) is 21.7 Å². The SMILES string of the molecule is COc1cc2c(c(Br)c1OCC(C)(F)F)CCN1C[C@@H](OC(C)(C)C)[C@H](O)C[C@H]21. The summed E-state index contributed by atoms with van der Waals surface area (Å²) in [6.07, 6.45) is 0.456. The molecule has 0 bridgehead atoms. The van der Waals surface area contributed by atoms with Gasteiger partial charge in [0.1, 0.15) is 0 Å². The van der Waals surface area contributed by atoms with E-state index in [2.05, 4.69) is 20.8 Å². The average molecular weight is 478 g/mol. The van der Waals surface area contributed by atoms with Gasteiger partial charge in [0.25, 0.3) is 5.92 Å². The van der Waals surface area contributed by atoms with E-state index in [-0.39, 0.29) is 17.7 Å². The summed E-state index contributed by atoms with van der Waals surface area (Å²) in [6, 6.07) is 1.87. The molecule has 1 fully saturated rings. The van der Waals surface area contributed by atoms with E-state index in [1.165, 1.54) is 7.11 Å². The molecule has 3 atom stereocenters. The lowest BCUT2D eigenvalue weighted by molar-refractivity contribution is -0.149. The Kier molecular flexibility index (Phi) is 6.49. The second kappa shape index (κ2) is 8.29. The van der Waals surface area contributed by atoms with E-state index in [1.807, 2.05) is 26.8 Å². The van der Waals surface area contributed by atoms with Crippen molar-refractivity contribution in [2.45, 2.75) is 70.3 Å². The first-order valence-electron chi connectivity index (χ1n) is 9.89. The summed E-state index contributed by atoms with van der Waals surface area (Å²) in [5, 5.41) is 10.7. The molecule has 1 aromatic rings. The Hall–Kier alpha value is -0.960. The molecule has 0 amide bonds. The largest absolute Gasteiger partial charge is 0.493 e. The number of ether oxygens (including phenoxy) is 3. The number of rotatable bonds is 5. The van der Waals surface area contributed by atoms with E-state index in [9.17, 15) is 13.9 Å². The van der Waals surface area contributed by atoms with Crippen molar-refractivity contribution in [2.24, 2.45) is 0 Å². The van der Waals surface area contributed by atoms with Gasteiger partial charge in [0, 0.05) is 26.1 Å². The molecule has 1 saturated heterocycles. The monoisotopic (exact) mass is 477 g/mol. The van der Waals surface area contributed by atoms with Crippen molar-refractivity contribution < 1.29 is 28.1 Å². The summed E-state index contributed by atoms with van der Waals surface area (Å²) in [6.45, 7) is 7.50. The van der Waals surface area contributed by atoms with Gasteiger partial charge >= 0.3 is 0 Å². The second-order valence-electron chi connectivity index (χ2n) is 8.98. The maximum absolute atomic E-state index is 13.3. The van der Waals surface area contributed by atoms with Gasteiger partial charge in [-0.1, -0.05) is 0 Å². The van der Waals surface area contributed by atoms with Crippen LogP contribution in [0.15, 0.2) is 10.5 Å². The molecule has 0 spiro atoms. The van der Waals surface area contributed by atoms with Gasteiger partial charge in [0.15, 0.2) is 18.1 Å². The van der Waals surface area contributed by atoms with Crippen LogP contribution in [0, 0.1) is 0 Å². The predicted octanol–water partition coefficient (Wildman–Crippen LogP) is 4.34. The average Bonchev–Trinajstić information content (AvgIpc) is 2.59. The fourth-order valence-corrected chi connectivity index (χ4v) is 4.85. The molecule has 8 heteroatoms. The van der Waals surface area contributed by atoms with E-state index in [0.717, 1.165) is 31.0 Å². The smallest absolute Gasteiger partial charge is 0.278 e.